The van der Waals surface area contributed by atoms with E-state index in [1.165, 1.54) is 0 Å². The zero-order valence-electron chi connectivity index (χ0n) is 17.2. The average Bonchev–Trinajstić information content (AvgIpc) is 2.66. The van der Waals surface area contributed by atoms with E-state index in [0.717, 1.165) is 7.05 Å². The third-order valence-corrected chi connectivity index (χ3v) is 5.04. The number of rotatable bonds is 8. The summed E-state index contributed by atoms with van der Waals surface area (Å²) >= 11 is 0. The minimum absolute atomic E-state index is 0.0787. The summed E-state index contributed by atoms with van der Waals surface area (Å²) in [6.07, 6.45) is 0. The molecule has 2 aliphatic heterocycles. The molecular weight excluding hydrogens is 402 g/mol. The van der Waals surface area contributed by atoms with Crippen molar-refractivity contribution >= 4 is 11.9 Å². The van der Waals surface area contributed by atoms with Crippen molar-refractivity contribution in [2.24, 2.45) is 17.9 Å². The Labute approximate surface area is 170 Å². The molecule has 0 radical (unpaired) electrons. The number of hydrogen-bond donors (Lipinski definition) is 0. The minimum atomic E-state index is -1.09. The largest absolute Gasteiger partial charge is 0.464 e. The van der Waals surface area contributed by atoms with E-state index in [4.69, 9.17) is 18.9 Å². The molecule has 0 atom stereocenters. The van der Waals surface area contributed by atoms with Crippen molar-refractivity contribution in [3.05, 3.63) is 31.5 Å². The Balaban J connectivity index is 1.72. The maximum Gasteiger partial charge on any atom is 0.337 e. The lowest BCUT2D eigenvalue weighted by atomic mass is 9.90. The number of nitrogens with zero attached hydrogens (tertiary/aromatic N) is 3. The number of carbonyl (C=O) groups is 2. The molecule has 0 amide bonds. The first-order chi connectivity index (χ1) is 14.0. The lowest BCUT2D eigenvalue weighted by molar-refractivity contribution is -0.166. The smallest absolute Gasteiger partial charge is 0.337 e. The van der Waals surface area contributed by atoms with E-state index in [-0.39, 0.29) is 24.0 Å². The lowest BCUT2D eigenvalue weighted by Gasteiger charge is -2.37. The molecule has 1 aromatic rings. The van der Waals surface area contributed by atoms with Crippen LogP contribution in [0.5, 0.6) is 0 Å². The zero-order chi connectivity index (χ0) is 22.1. The van der Waals surface area contributed by atoms with E-state index < -0.39 is 42.1 Å². The molecule has 12 nitrogen and oxygen atoms in total. The van der Waals surface area contributed by atoms with Crippen LogP contribution in [0.25, 0.3) is 0 Å². The van der Waals surface area contributed by atoms with Gasteiger partial charge in [0.15, 0.2) is 0 Å². The fraction of sp³-hybridized carbons (Fsp3) is 0.722. The second kappa shape index (κ2) is 8.19. The third-order valence-electron chi connectivity index (χ3n) is 5.04. The van der Waals surface area contributed by atoms with Crippen LogP contribution in [0.3, 0.4) is 0 Å². The second-order valence-electron chi connectivity index (χ2n) is 8.51. The van der Waals surface area contributed by atoms with Gasteiger partial charge in [-0.1, -0.05) is 13.8 Å². The summed E-state index contributed by atoms with van der Waals surface area (Å²) in [4.78, 5) is 61.5. The second-order valence-corrected chi connectivity index (χ2v) is 8.51. The highest BCUT2D eigenvalue weighted by Crippen LogP contribution is 2.27. The van der Waals surface area contributed by atoms with Crippen molar-refractivity contribution in [2.75, 3.05) is 39.6 Å². The van der Waals surface area contributed by atoms with Gasteiger partial charge in [-0.25, -0.2) is 28.1 Å². The highest BCUT2D eigenvalue weighted by Gasteiger charge is 2.36. The molecule has 0 spiro atoms. The van der Waals surface area contributed by atoms with Gasteiger partial charge in [-0.2, -0.15) is 0 Å². The highest BCUT2D eigenvalue weighted by molar-refractivity contribution is 5.69. The lowest BCUT2D eigenvalue weighted by Crippen LogP contribution is -2.55. The van der Waals surface area contributed by atoms with Crippen molar-refractivity contribution in [3.63, 3.8) is 0 Å². The van der Waals surface area contributed by atoms with Crippen molar-refractivity contribution in [1.82, 2.24) is 13.7 Å². The maximum absolute atomic E-state index is 12.6. The number of hydrogen-bond acceptors (Lipinski definition) is 9. The monoisotopic (exact) mass is 427 g/mol. The molecule has 0 unspecified atom stereocenters. The fourth-order valence-electron chi connectivity index (χ4n) is 2.95. The predicted molar refractivity (Wildman–Crippen MR) is 100.0 cm³/mol. The quantitative estimate of drug-likeness (QED) is 0.426. The molecule has 0 aromatic carbocycles. The van der Waals surface area contributed by atoms with Crippen molar-refractivity contribution in [3.8, 4) is 0 Å². The van der Waals surface area contributed by atoms with Crippen molar-refractivity contribution < 1.29 is 28.5 Å². The van der Waals surface area contributed by atoms with Crippen molar-refractivity contribution in [2.45, 2.75) is 26.9 Å². The van der Waals surface area contributed by atoms with E-state index >= 15 is 0 Å². The topological polar surface area (TPSA) is 137 Å². The fourth-order valence-corrected chi connectivity index (χ4v) is 2.95. The Morgan fingerprint density at radius 2 is 1.17 bits per heavy atom. The van der Waals surface area contributed by atoms with Crippen LogP contribution in [0.1, 0.15) is 13.8 Å². The normalized spacial score (nSPS) is 18.8. The summed E-state index contributed by atoms with van der Waals surface area (Å²) in [5.41, 5.74) is -3.65. The van der Waals surface area contributed by atoms with Gasteiger partial charge in [0.25, 0.3) is 0 Å². The Morgan fingerprint density at radius 1 is 0.800 bits per heavy atom. The van der Waals surface area contributed by atoms with Crippen molar-refractivity contribution in [1.29, 1.82) is 0 Å². The van der Waals surface area contributed by atoms with Crippen LogP contribution in [0.2, 0.25) is 0 Å². The summed E-state index contributed by atoms with van der Waals surface area (Å²) < 4.78 is 22.2. The number of ether oxygens (including phenoxy) is 4. The molecule has 2 aliphatic rings. The molecule has 1 aromatic heterocycles. The average molecular weight is 427 g/mol. The summed E-state index contributed by atoms with van der Waals surface area (Å²) in [5.74, 6) is -1.62. The van der Waals surface area contributed by atoms with Gasteiger partial charge in [-0.05, 0) is 0 Å². The highest BCUT2D eigenvalue weighted by atomic mass is 16.6. The zero-order valence-corrected chi connectivity index (χ0v) is 17.2. The first-order valence-electron chi connectivity index (χ1n) is 9.41. The summed E-state index contributed by atoms with van der Waals surface area (Å²) in [5, 5.41) is 0. The minimum Gasteiger partial charge on any atom is -0.464 e. The van der Waals surface area contributed by atoms with Gasteiger partial charge >= 0.3 is 29.0 Å². The molecule has 0 bridgehead atoms. The van der Waals surface area contributed by atoms with E-state index in [1.54, 1.807) is 0 Å². The standard InChI is InChI=1S/C18H25N3O9/c1-17(6-27-7-17)10-29-12(22)4-20-14(24)19(3)15(25)21(16(20)26)5-13(23)30-11-18(2)8-28-9-18/h4-11H2,1-3H3. The van der Waals surface area contributed by atoms with E-state index in [0.29, 0.717) is 40.1 Å². The molecule has 0 N–H and O–H groups in total. The van der Waals surface area contributed by atoms with Gasteiger partial charge in [-0.3, -0.25) is 9.59 Å². The van der Waals surface area contributed by atoms with E-state index in [2.05, 4.69) is 0 Å². The molecule has 3 heterocycles. The van der Waals surface area contributed by atoms with Gasteiger partial charge in [0, 0.05) is 17.9 Å². The molecule has 0 aliphatic carbocycles. The molecular formula is C18H25N3O9. The predicted octanol–water partition coefficient (Wildman–Crippen LogP) is -2.13. The first kappa shape index (κ1) is 22.0. The van der Waals surface area contributed by atoms with Gasteiger partial charge in [0.1, 0.15) is 26.3 Å². The Morgan fingerprint density at radius 3 is 1.47 bits per heavy atom. The molecule has 30 heavy (non-hydrogen) atoms. The molecule has 166 valence electrons. The van der Waals surface area contributed by atoms with E-state index in [9.17, 15) is 24.0 Å². The van der Waals surface area contributed by atoms with Gasteiger partial charge in [0.2, 0.25) is 0 Å². The van der Waals surface area contributed by atoms with Gasteiger partial charge in [-0.15, -0.1) is 0 Å². The number of esters is 2. The Kier molecular flexibility index (Phi) is 5.99. The maximum atomic E-state index is 12.6. The van der Waals surface area contributed by atoms with Crippen LogP contribution in [0, 0.1) is 10.8 Å². The van der Waals surface area contributed by atoms with Crippen LogP contribution in [0.4, 0.5) is 0 Å². The number of aromatic nitrogens is 3. The van der Waals surface area contributed by atoms with Gasteiger partial charge in [0.05, 0.1) is 26.4 Å². The number of carbonyl (C=O) groups excluding carboxylic acids is 2. The van der Waals surface area contributed by atoms with Crippen LogP contribution < -0.4 is 17.1 Å². The molecule has 12 heteroatoms. The molecule has 3 rings (SSSR count). The van der Waals surface area contributed by atoms with Crippen LogP contribution in [-0.4, -0.2) is 65.3 Å². The Bertz CT molecular complexity index is 935. The first-order valence-corrected chi connectivity index (χ1v) is 9.41. The van der Waals surface area contributed by atoms with Crippen LogP contribution in [0.15, 0.2) is 14.4 Å². The van der Waals surface area contributed by atoms with E-state index in [1.807, 2.05) is 13.8 Å². The van der Waals surface area contributed by atoms with Crippen LogP contribution in [-0.2, 0) is 48.7 Å². The third kappa shape index (κ3) is 4.54. The Hall–Kier alpha value is -2.73. The molecule has 2 saturated heterocycles. The molecule has 2 fully saturated rings. The summed E-state index contributed by atoms with van der Waals surface area (Å²) in [6, 6.07) is 0. The summed E-state index contributed by atoms with van der Waals surface area (Å²) in [6.45, 7) is 4.31. The molecule has 0 saturated carbocycles. The SMILES string of the molecule is Cn1c(=O)n(CC(=O)OCC2(C)COC2)c(=O)n(CC(=O)OCC2(C)COC2)c1=O. The summed E-state index contributed by atoms with van der Waals surface area (Å²) in [7, 11) is 1.15. The van der Waals surface area contributed by atoms with Gasteiger partial charge < -0.3 is 18.9 Å². The van der Waals surface area contributed by atoms with Crippen LogP contribution >= 0.6 is 0 Å².